The number of nitrogens with zero attached hydrogens (tertiary/aromatic N) is 3. The molecular formula is C20H22N4O2S. The number of anilines is 1. The molecule has 0 fully saturated rings. The van der Waals surface area contributed by atoms with Gasteiger partial charge >= 0.3 is 0 Å². The molecule has 6 nitrogen and oxygen atoms in total. The molecule has 140 valence electrons. The average Bonchev–Trinajstić information content (AvgIpc) is 3.17. The summed E-state index contributed by atoms with van der Waals surface area (Å²) in [5.41, 5.74) is 4.36. The summed E-state index contributed by atoms with van der Waals surface area (Å²) in [6.07, 6.45) is 4.85. The average molecular weight is 382 g/mol. The lowest BCUT2D eigenvalue weighted by Crippen LogP contribution is -2.15. The van der Waals surface area contributed by atoms with Crippen LogP contribution in [0.1, 0.15) is 57.7 Å². The first-order chi connectivity index (χ1) is 13.0. The number of hydrogen-bond donors (Lipinski definition) is 1. The molecule has 2 aromatic heterocycles. The molecule has 1 aliphatic carbocycles. The molecule has 1 aromatic carbocycles. The quantitative estimate of drug-likeness (QED) is 0.679. The molecule has 4 rings (SSSR count). The molecule has 0 aliphatic heterocycles. The van der Waals surface area contributed by atoms with Gasteiger partial charge in [-0.25, -0.2) is 4.52 Å². The maximum Gasteiger partial charge on any atom is 0.250 e. The van der Waals surface area contributed by atoms with Crippen molar-refractivity contribution in [2.75, 3.05) is 5.32 Å². The van der Waals surface area contributed by atoms with Crippen LogP contribution in [0.3, 0.4) is 0 Å². The van der Waals surface area contributed by atoms with E-state index in [0.717, 1.165) is 28.4 Å². The van der Waals surface area contributed by atoms with E-state index in [2.05, 4.69) is 21.5 Å². The fourth-order valence-corrected chi connectivity index (χ4v) is 4.37. The molecule has 0 radical (unpaired) electrons. The van der Waals surface area contributed by atoms with Crippen molar-refractivity contribution in [1.82, 2.24) is 14.6 Å². The molecule has 3 aromatic rings. The Bertz CT molecular complexity index is 1030. The number of rotatable bonds is 5. The number of fused-ring (bicyclic) bond motifs is 2. The summed E-state index contributed by atoms with van der Waals surface area (Å²) >= 11 is 1.54. The van der Waals surface area contributed by atoms with Crippen LogP contribution in [0.2, 0.25) is 0 Å². The molecule has 27 heavy (non-hydrogen) atoms. The van der Waals surface area contributed by atoms with Crippen molar-refractivity contribution in [3.8, 4) is 0 Å². The van der Waals surface area contributed by atoms with Gasteiger partial charge in [-0.3, -0.25) is 14.9 Å². The van der Waals surface area contributed by atoms with Crippen LogP contribution in [-0.4, -0.2) is 26.3 Å². The van der Waals surface area contributed by atoms with Crippen LogP contribution in [0.5, 0.6) is 0 Å². The first-order valence-corrected chi connectivity index (χ1v) is 10.1. The zero-order chi connectivity index (χ0) is 19.0. The van der Waals surface area contributed by atoms with Crippen molar-refractivity contribution in [3.05, 3.63) is 45.5 Å². The largest absolute Gasteiger partial charge is 0.294 e. The van der Waals surface area contributed by atoms with Gasteiger partial charge in [0.05, 0.1) is 5.69 Å². The summed E-state index contributed by atoms with van der Waals surface area (Å²) in [4.78, 5) is 30.9. The predicted octanol–water partition coefficient (Wildman–Crippen LogP) is 3.89. The molecule has 0 spiro atoms. The standard InChI is InChI=1S/C20H22N4O2S/c1-12-13(2)27-20-22-19(23-24(12)20)21-18(26)10-9-17(25)16-8-7-14-5-3-4-6-15(14)11-16/h7-8,11H,3-6,9-10H2,1-2H3,(H,21,23,26). The first kappa shape index (κ1) is 17.9. The second-order valence-corrected chi connectivity index (χ2v) is 8.22. The summed E-state index contributed by atoms with van der Waals surface area (Å²) in [5, 5.41) is 7.00. The molecule has 7 heteroatoms. The Morgan fingerprint density at radius 1 is 1.15 bits per heavy atom. The van der Waals surface area contributed by atoms with Crippen molar-refractivity contribution in [3.63, 3.8) is 0 Å². The van der Waals surface area contributed by atoms with E-state index < -0.39 is 0 Å². The summed E-state index contributed by atoms with van der Waals surface area (Å²) in [6, 6.07) is 5.96. The third-order valence-corrected chi connectivity index (χ3v) is 6.20. The van der Waals surface area contributed by atoms with Gasteiger partial charge in [0.25, 0.3) is 0 Å². The molecule has 0 bridgehead atoms. The lowest BCUT2D eigenvalue weighted by molar-refractivity contribution is -0.116. The number of Topliss-reactive ketones (excluding diaryl/α,β-unsaturated/α-hetero) is 1. The van der Waals surface area contributed by atoms with Gasteiger partial charge in [0.15, 0.2) is 5.78 Å². The molecule has 1 amide bonds. The first-order valence-electron chi connectivity index (χ1n) is 9.29. The van der Waals surface area contributed by atoms with Gasteiger partial charge in [-0.1, -0.05) is 23.5 Å². The lowest BCUT2D eigenvalue weighted by Gasteiger charge is -2.16. The van der Waals surface area contributed by atoms with E-state index in [1.54, 1.807) is 4.52 Å². The zero-order valence-electron chi connectivity index (χ0n) is 15.5. The SMILES string of the molecule is Cc1sc2nc(NC(=O)CCC(=O)c3ccc4c(c3)CCCC4)nn2c1C. The van der Waals surface area contributed by atoms with Crippen LogP contribution in [0.25, 0.3) is 4.96 Å². The molecule has 0 unspecified atom stereocenters. The Hall–Kier alpha value is -2.54. The van der Waals surface area contributed by atoms with Gasteiger partial charge in [-0.05, 0) is 56.7 Å². The van der Waals surface area contributed by atoms with E-state index in [4.69, 9.17) is 0 Å². The monoisotopic (exact) mass is 382 g/mol. The van der Waals surface area contributed by atoms with Gasteiger partial charge in [0.2, 0.25) is 16.8 Å². The topological polar surface area (TPSA) is 76.4 Å². The van der Waals surface area contributed by atoms with Crippen LogP contribution in [0, 0.1) is 13.8 Å². The van der Waals surface area contributed by atoms with Crippen molar-refractivity contribution >= 4 is 33.9 Å². The zero-order valence-corrected chi connectivity index (χ0v) is 16.4. The van der Waals surface area contributed by atoms with Crippen LogP contribution >= 0.6 is 11.3 Å². The molecular weight excluding hydrogens is 360 g/mol. The normalized spacial score (nSPS) is 13.6. The van der Waals surface area contributed by atoms with Crippen LogP contribution < -0.4 is 5.32 Å². The maximum absolute atomic E-state index is 12.5. The van der Waals surface area contributed by atoms with E-state index >= 15 is 0 Å². The molecule has 0 saturated heterocycles. The second kappa shape index (κ2) is 7.23. The smallest absolute Gasteiger partial charge is 0.250 e. The van der Waals surface area contributed by atoms with Crippen LogP contribution in [0.4, 0.5) is 5.95 Å². The Morgan fingerprint density at radius 3 is 2.70 bits per heavy atom. The molecule has 2 heterocycles. The third-order valence-electron chi connectivity index (χ3n) is 5.15. The number of carbonyl (C=O) groups excluding carboxylic acids is 2. The van der Waals surface area contributed by atoms with Gasteiger partial charge in [0, 0.05) is 23.3 Å². The molecule has 0 saturated carbocycles. The summed E-state index contributed by atoms with van der Waals surface area (Å²) in [6.45, 7) is 3.98. The van der Waals surface area contributed by atoms with E-state index in [9.17, 15) is 9.59 Å². The number of nitrogens with one attached hydrogen (secondary N) is 1. The predicted molar refractivity (Wildman–Crippen MR) is 106 cm³/mol. The fourth-order valence-electron chi connectivity index (χ4n) is 3.46. The lowest BCUT2D eigenvalue weighted by atomic mass is 9.89. The van der Waals surface area contributed by atoms with Crippen molar-refractivity contribution < 1.29 is 9.59 Å². The van der Waals surface area contributed by atoms with Crippen molar-refractivity contribution in [2.45, 2.75) is 52.4 Å². The van der Waals surface area contributed by atoms with E-state index in [-0.39, 0.29) is 30.5 Å². The van der Waals surface area contributed by atoms with Crippen LogP contribution in [0.15, 0.2) is 18.2 Å². The fraction of sp³-hybridized carbons (Fsp3) is 0.400. The maximum atomic E-state index is 12.5. The minimum Gasteiger partial charge on any atom is -0.294 e. The highest BCUT2D eigenvalue weighted by molar-refractivity contribution is 7.17. The van der Waals surface area contributed by atoms with Gasteiger partial charge in [0.1, 0.15) is 0 Å². The summed E-state index contributed by atoms with van der Waals surface area (Å²) in [5.74, 6) is 0.0493. The number of hydrogen-bond acceptors (Lipinski definition) is 5. The third kappa shape index (κ3) is 3.64. The molecule has 1 N–H and O–H groups in total. The Kier molecular flexibility index (Phi) is 4.78. The van der Waals surface area contributed by atoms with E-state index in [1.807, 2.05) is 26.0 Å². The Balaban J connectivity index is 1.36. The highest BCUT2D eigenvalue weighted by Crippen LogP contribution is 2.23. The van der Waals surface area contributed by atoms with Crippen molar-refractivity contribution in [2.24, 2.45) is 0 Å². The molecule has 1 aliphatic rings. The number of carbonyl (C=O) groups is 2. The minimum atomic E-state index is -0.242. The highest BCUT2D eigenvalue weighted by atomic mass is 32.1. The highest BCUT2D eigenvalue weighted by Gasteiger charge is 2.16. The van der Waals surface area contributed by atoms with E-state index in [0.29, 0.717) is 5.56 Å². The second-order valence-electron chi connectivity index (χ2n) is 7.04. The Labute approximate surface area is 161 Å². The summed E-state index contributed by atoms with van der Waals surface area (Å²) in [7, 11) is 0. The molecule has 0 atom stereocenters. The Morgan fingerprint density at radius 2 is 1.93 bits per heavy atom. The summed E-state index contributed by atoms with van der Waals surface area (Å²) < 4.78 is 1.73. The number of benzene rings is 1. The number of aryl methyl sites for hydroxylation is 4. The number of aromatic nitrogens is 3. The minimum absolute atomic E-state index is 0.00350. The number of ketones is 1. The van der Waals surface area contributed by atoms with Crippen molar-refractivity contribution in [1.29, 1.82) is 0 Å². The number of amides is 1. The van der Waals surface area contributed by atoms with Gasteiger partial charge in [-0.2, -0.15) is 4.98 Å². The van der Waals surface area contributed by atoms with Gasteiger partial charge in [-0.15, -0.1) is 5.10 Å². The van der Waals surface area contributed by atoms with Gasteiger partial charge < -0.3 is 0 Å². The van der Waals surface area contributed by atoms with Crippen LogP contribution in [-0.2, 0) is 17.6 Å². The number of thiazole rings is 1. The van der Waals surface area contributed by atoms with E-state index in [1.165, 1.54) is 35.3 Å².